The van der Waals surface area contributed by atoms with Gasteiger partial charge in [-0.15, -0.1) is 0 Å². The maximum atomic E-state index is 5.34. The van der Waals surface area contributed by atoms with E-state index in [1.807, 2.05) is 12.1 Å². The van der Waals surface area contributed by atoms with Crippen LogP contribution in [0.1, 0.15) is 22.3 Å². The van der Waals surface area contributed by atoms with E-state index in [1.165, 1.54) is 33.4 Å². The topological polar surface area (TPSA) is 25.8 Å². The molecule has 0 aliphatic heterocycles. The predicted molar refractivity (Wildman–Crippen MR) is 227 cm³/mol. The average Bonchev–Trinajstić information content (AvgIpc) is 3.58. The molecule has 0 spiro atoms. The summed E-state index contributed by atoms with van der Waals surface area (Å²) in [4.78, 5) is 10.7. The minimum absolute atomic E-state index is 0.517. The Hall–Kier alpha value is -7.16. The smallest absolute Gasteiger partial charge is 0.161 e. The van der Waals surface area contributed by atoms with Crippen LogP contribution in [0.25, 0.3) is 67.3 Å². The highest BCUT2D eigenvalue weighted by atomic mass is 14.9. The highest BCUT2D eigenvalue weighted by Crippen LogP contribution is 2.57. The molecule has 1 aliphatic rings. The van der Waals surface area contributed by atoms with Crippen LogP contribution in [0, 0.1) is 0 Å². The average molecular weight is 701 g/mol. The number of hydrogen-bond donors (Lipinski definition) is 0. The van der Waals surface area contributed by atoms with E-state index in [1.54, 1.807) is 0 Å². The summed E-state index contributed by atoms with van der Waals surface area (Å²) < 4.78 is 0. The monoisotopic (exact) mass is 700 g/mol. The number of fused-ring (bicyclic) bond motifs is 3. The van der Waals surface area contributed by atoms with Gasteiger partial charge in [-0.05, 0) is 62.2 Å². The normalized spacial score (nSPS) is 12.5. The molecule has 8 aromatic carbocycles. The van der Waals surface area contributed by atoms with Crippen LogP contribution in [-0.4, -0.2) is 9.97 Å². The molecule has 1 aromatic heterocycles. The molecule has 0 N–H and O–H groups in total. The molecule has 0 amide bonds. The van der Waals surface area contributed by atoms with Crippen molar-refractivity contribution in [1.82, 2.24) is 9.97 Å². The molecule has 1 aliphatic carbocycles. The lowest BCUT2D eigenvalue weighted by atomic mass is 9.67. The van der Waals surface area contributed by atoms with E-state index in [-0.39, 0.29) is 0 Å². The van der Waals surface area contributed by atoms with Crippen LogP contribution < -0.4 is 0 Å². The molecule has 10 rings (SSSR count). The largest absolute Gasteiger partial charge is 0.228 e. The first-order valence-electron chi connectivity index (χ1n) is 18.8. The first-order chi connectivity index (χ1) is 27.3. The van der Waals surface area contributed by atoms with E-state index < -0.39 is 5.41 Å². The quantitative estimate of drug-likeness (QED) is 0.165. The number of benzene rings is 8. The van der Waals surface area contributed by atoms with E-state index in [4.69, 9.17) is 9.97 Å². The number of rotatable bonds is 7. The van der Waals surface area contributed by atoms with Crippen molar-refractivity contribution in [1.29, 1.82) is 0 Å². The van der Waals surface area contributed by atoms with E-state index in [0.29, 0.717) is 5.82 Å². The van der Waals surface area contributed by atoms with Crippen molar-refractivity contribution in [3.05, 3.63) is 241 Å². The standard InChI is InChI=1S/C53H36N2/c1-6-19-37(20-7-1)43-30-18-31-46(52-54-49(38-21-8-2-9-22-38)36-50(55-52)39-23-10-3-11-24-39)51(43)40-33-34-45-44-29-16-17-32-47(44)53(48(45)35-40,41-25-12-4-13-26-41)42-27-14-5-15-28-42/h1-36H. The summed E-state index contributed by atoms with van der Waals surface area (Å²) in [5.41, 5.74) is 16.4. The Morgan fingerprint density at radius 2 is 0.745 bits per heavy atom. The molecule has 0 saturated carbocycles. The Labute approximate surface area is 322 Å². The van der Waals surface area contributed by atoms with Crippen molar-refractivity contribution in [2.75, 3.05) is 0 Å². The Morgan fingerprint density at radius 3 is 1.33 bits per heavy atom. The number of hydrogen-bond acceptors (Lipinski definition) is 2. The van der Waals surface area contributed by atoms with Crippen molar-refractivity contribution >= 4 is 0 Å². The summed E-state index contributed by atoms with van der Waals surface area (Å²) in [5.74, 6) is 0.689. The molecular formula is C53H36N2. The van der Waals surface area contributed by atoms with E-state index >= 15 is 0 Å². The first kappa shape index (κ1) is 32.5. The van der Waals surface area contributed by atoms with Gasteiger partial charge in [0.05, 0.1) is 16.8 Å². The van der Waals surface area contributed by atoms with Gasteiger partial charge in [-0.3, -0.25) is 0 Å². The minimum atomic E-state index is -0.517. The molecule has 55 heavy (non-hydrogen) atoms. The number of aromatic nitrogens is 2. The van der Waals surface area contributed by atoms with E-state index in [2.05, 4.69) is 206 Å². The zero-order chi connectivity index (χ0) is 36.6. The molecular weight excluding hydrogens is 665 g/mol. The number of nitrogens with zero attached hydrogens (tertiary/aromatic N) is 2. The zero-order valence-electron chi connectivity index (χ0n) is 30.2. The van der Waals surface area contributed by atoms with Crippen molar-refractivity contribution in [3.8, 4) is 67.3 Å². The summed E-state index contributed by atoms with van der Waals surface area (Å²) in [5, 5.41) is 0. The van der Waals surface area contributed by atoms with Gasteiger partial charge in [0.1, 0.15) is 0 Å². The SMILES string of the molecule is c1ccc(-c2cc(-c3ccccc3)nc(-c3cccc(-c4ccccc4)c3-c3ccc4c(c3)C(c3ccccc3)(c3ccccc3)c3ccccc3-4)n2)cc1. The molecule has 2 heteroatoms. The third-order valence-corrected chi connectivity index (χ3v) is 11.0. The van der Waals surface area contributed by atoms with Crippen molar-refractivity contribution in [3.63, 3.8) is 0 Å². The Balaban J connectivity index is 1.28. The van der Waals surface area contributed by atoms with Gasteiger partial charge in [0.2, 0.25) is 0 Å². The molecule has 2 nitrogen and oxygen atoms in total. The lowest BCUT2D eigenvalue weighted by molar-refractivity contribution is 0.769. The molecule has 0 atom stereocenters. The fraction of sp³-hybridized carbons (Fsp3) is 0.0189. The summed E-state index contributed by atoms with van der Waals surface area (Å²) in [6.07, 6.45) is 0. The van der Waals surface area contributed by atoms with Gasteiger partial charge in [-0.2, -0.15) is 0 Å². The molecule has 1 heterocycles. The molecule has 0 saturated heterocycles. The Morgan fingerprint density at radius 1 is 0.291 bits per heavy atom. The van der Waals surface area contributed by atoms with E-state index in [9.17, 15) is 0 Å². The minimum Gasteiger partial charge on any atom is -0.228 e. The first-order valence-corrected chi connectivity index (χ1v) is 18.8. The Kier molecular flexibility index (Phi) is 8.08. The maximum absolute atomic E-state index is 5.34. The van der Waals surface area contributed by atoms with Crippen LogP contribution >= 0.6 is 0 Å². The van der Waals surface area contributed by atoms with Crippen LogP contribution in [0.4, 0.5) is 0 Å². The lowest BCUT2D eigenvalue weighted by Crippen LogP contribution is -2.28. The molecule has 9 aromatic rings. The van der Waals surface area contributed by atoms with Crippen LogP contribution in [0.3, 0.4) is 0 Å². The fourth-order valence-corrected chi connectivity index (χ4v) is 8.59. The van der Waals surface area contributed by atoms with Crippen LogP contribution in [0.2, 0.25) is 0 Å². The Bertz CT molecular complexity index is 2680. The van der Waals surface area contributed by atoms with Gasteiger partial charge in [0.15, 0.2) is 5.82 Å². The second-order valence-electron chi connectivity index (χ2n) is 14.1. The zero-order valence-corrected chi connectivity index (χ0v) is 30.2. The van der Waals surface area contributed by atoms with Crippen LogP contribution in [-0.2, 0) is 5.41 Å². The van der Waals surface area contributed by atoms with Gasteiger partial charge in [-0.25, -0.2) is 9.97 Å². The summed E-state index contributed by atoms with van der Waals surface area (Å²) in [6, 6.07) is 78.2. The van der Waals surface area contributed by atoms with Crippen molar-refractivity contribution in [2.24, 2.45) is 0 Å². The highest BCUT2D eigenvalue weighted by molar-refractivity contribution is 5.96. The summed E-state index contributed by atoms with van der Waals surface area (Å²) in [7, 11) is 0. The molecule has 258 valence electrons. The van der Waals surface area contributed by atoms with Gasteiger partial charge >= 0.3 is 0 Å². The molecule has 0 fully saturated rings. The second-order valence-corrected chi connectivity index (χ2v) is 14.1. The van der Waals surface area contributed by atoms with Crippen LogP contribution in [0.5, 0.6) is 0 Å². The van der Waals surface area contributed by atoms with Gasteiger partial charge in [0, 0.05) is 22.3 Å². The van der Waals surface area contributed by atoms with Gasteiger partial charge in [0.25, 0.3) is 0 Å². The van der Waals surface area contributed by atoms with Crippen molar-refractivity contribution < 1.29 is 0 Å². The van der Waals surface area contributed by atoms with Crippen molar-refractivity contribution in [2.45, 2.75) is 5.41 Å². The van der Waals surface area contributed by atoms with E-state index in [0.717, 1.165) is 50.3 Å². The fourth-order valence-electron chi connectivity index (χ4n) is 8.59. The lowest BCUT2D eigenvalue weighted by Gasteiger charge is -2.34. The predicted octanol–water partition coefficient (Wildman–Crippen LogP) is 13.2. The third-order valence-electron chi connectivity index (χ3n) is 11.0. The summed E-state index contributed by atoms with van der Waals surface area (Å²) >= 11 is 0. The second kappa shape index (κ2) is 13.7. The van der Waals surface area contributed by atoms with Gasteiger partial charge < -0.3 is 0 Å². The summed E-state index contributed by atoms with van der Waals surface area (Å²) in [6.45, 7) is 0. The molecule has 0 radical (unpaired) electrons. The third kappa shape index (κ3) is 5.50. The molecule has 0 bridgehead atoms. The highest BCUT2D eigenvalue weighted by Gasteiger charge is 2.46. The maximum Gasteiger partial charge on any atom is 0.161 e. The molecule has 0 unspecified atom stereocenters. The van der Waals surface area contributed by atoms with Gasteiger partial charge in [-0.1, -0.05) is 206 Å². The van der Waals surface area contributed by atoms with Crippen LogP contribution in [0.15, 0.2) is 218 Å².